The molecular weight excluding hydrogens is 180 g/mol. The van der Waals surface area contributed by atoms with E-state index in [0.717, 1.165) is 16.4 Å². The highest BCUT2D eigenvalue weighted by molar-refractivity contribution is 7.15. The average molecular weight is 190 g/mol. The van der Waals surface area contributed by atoms with Gasteiger partial charge in [-0.3, -0.25) is 4.98 Å². The number of hydrogen-bond acceptors (Lipinski definition) is 3. The van der Waals surface area contributed by atoms with E-state index < -0.39 is 0 Å². The number of aryl methyl sites for hydroxylation is 2. The standard InChI is InChI=1S/C10H10N2S/c1-7-10(13-8(2)12-7)9-5-3-4-6-11-9/h3-6H,1-2H3. The first-order valence-corrected chi connectivity index (χ1v) is 4.94. The number of hydrogen-bond donors (Lipinski definition) is 0. The van der Waals surface area contributed by atoms with Gasteiger partial charge >= 0.3 is 0 Å². The van der Waals surface area contributed by atoms with E-state index in [-0.39, 0.29) is 0 Å². The van der Waals surface area contributed by atoms with Crippen molar-refractivity contribution >= 4 is 11.3 Å². The largest absolute Gasteiger partial charge is 0.255 e. The first kappa shape index (κ1) is 8.38. The van der Waals surface area contributed by atoms with E-state index in [0.29, 0.717) is 0 Å². The first-order chi connectivity index (χ1) is 6.27. The van der Waals surface area contributed by atoms with Gasteiger partial charge in [0, 0.05) is 6.20 Å². The molecule has 0 saturated heterocycles. The van der Waals surface area contributed by atoms with Crippen molar-refractivity contribution in [1.82, 2.24) is 9.97 Å². The van der Waals surface area contributed by atoms with Gasteiger partial charge in [-0.1, -0.05) is 6.07 Å². The Morgan fingerprint density at radius 3 is 2.62 bits per heavy atom. The highest BCUT2D eigenvalue weighted by atomic mass is 32.1. The lowest BCUT2D eigenvalue weighted by Gasteiger charge is -1.94. The van der Waals surface area contributed by atoms with Gasteiger partial charge in [-0.05, 0) is 26.0 Å². The fourth-order valence-corrected chi connectivity index (χ4v) is 2.16. The maximum atomic E-state index is 4.37. The lowest BCUT2D eigenvalue weighted by atomic mass is 10.3. The van der Waals surface area contributed by atoms with E-state index in [1.165, 1.54) is 4.88 Å². The molecule has 2 aromatic heterocycles. The molecule has 0 aliphatic rings. The molecule has 2 heterocycles. The lowest BCUT2D eigenvalue weighted by Crippen LogP contribution is -1.80. The Bertz CT molecular complexity index is 406. The molecule has 0 amide bonds. The van der Waals surface area contributed by atoms with Gasteiger partial charge in [-0.25, -0.2) is 4.98 Å². The molecule has 0 atom stereocenters. The van der Waals surface area contributed by atoms with Crippen molar-refractivity contribution in [2.24, 2.45) is 0 Å². The van der Waals surface area contributed by atoms with Crippen LogP contribution >= 0.6 is 11.3 Å². The van der Waals surface area contributed by atoms with E-state index >= 15 is 0 Å². The fourth-order valence-electron chi connectivity index (χ4n) is 1.27. The van der Waals surface area contributed by atoms with Crippen LogP contribution in [-0.4, -0.2) is 9.97 Å². The summed E-state index contributed by atoms with van der Waals surface area (Å²) in [6, 6.07) is 5.93. The smallest absolute Gasteiger partial charge is 0.0904 e. The minimum atomic E-state index is 1.02. The molecule has 0 N–H and O–H groups in total. The molecule has 2 aromatic rings. The van der Waals surface area contributed by atoms with Crippen molar-refractivity contribution in [3.05, 3.63) is 35.1 Å². The molecule has 66 valence electrons. The van der Waals surface area contributed by atoms with Gasteiger partial charge in [-0.2, -0.15) is 0 Å². The molecule has 2 nitrogen and oxygen atoms in total. The number of rotatable bonds is 1. The Labute approximate surface area is 81.3 Å². The van der Waals surface area contributed by atoms with E-state index in [1.54, 1.807) is 11.3 Å². The van der Waals surface area contributed by atoms with Gasteiger partial charge in [-0.15, -0.1) is 11.3 Å². The summed E-state index contributed by atoms with van der Waals surface area (Å²) < 4.78 is 0. The van der Waals surface area contributed by atoms with Gasteiger partial charge in [0.15, 0.2) is 0 Å². The summed E-state index contributed by atoms with van der Waals surface area (Å²) in [6.07, 6.45) is 1.81. The molecule has 0 aromatic carbocycles. The summed E-state index contributed by atoms with van der Waals surface area (Å²) in [7, 11) is 0. The Morgan fingerprint density at radius 1 is 1.23 bits per heavy atom. The maximum absolute atomic E-state index is 4.37. The number of nitrogens with zero attached hydrogens (tertiary/aromatic N) is 2. The Hall–Kier alpha value is -1.22. The summed E-state index contributed by atoms with van der Waals surface area (Å²) in [5, 5.41) is 1.10. The minimum Gasteiger partial charge on any atom is -0.255 e. The topological polar surface area (TPSA) is 25.8 Å². The van der Waals surface area contributed by atoms with E-state index in [9.17, 15) is 0 Å². The van der Waals surface area contributed by atoms with Crippen molar-refractivity contribution in [1.29, 1.82) is 0 Å². The van der Waals surface area contributed by atoms with Crippen LogP contribution in [-0.2, 0) is 0 Å². The van der Waals surface area contributed by atoms with Crippen LogP contribution in [0.5, 0.6) is 0 Å². The second-order valence-electron chi connectivity index (χ2n) is 2.86. The molecule has 13 heavy (non-hydrogen) atoms. The second kappa shape index (κ2) is 3.26. The Kier molecular flexibility index (Phi) is 2.10. The molecule has 0 bridgehead atoms. The third-order valence-electron chi connectivity index (χ3n) is 1.80. The van der Waals surface area contributed by atoms with Crippen LogP contribution in [0.25, 0.3) is 10.6 Å². The molecule has 2 rings (SSSR count). The monoisotopic (exact) mass is 190 g/mol. The molecular formula is C10H10N2S. The number of aromatic nitrogens is 2. The molecule has 0 aliphatic carbocycles. The van der Waals surface area contributed by atoms with Crippen molar-refractivity contribution in [3.63, 3.8) is 0 Å². The third-order valence-corrected chi connectivity index (χ3v) is 2.90. The maximum Gasteiger partial charge on any atom is 0.0904 e. The minimum absolute atomic E-state index is 1.02. The van der Waals surface area contributed by atoms with Crippen molar-refractivity contribution < 1.29 is 0 Å². The van der Waals surface area contributed by atoms with Crippen LogP contribution in [0.1, 0.15) is 10.7 Å². The fraction of sp³-hybridized carbons (Fsp3) is 0.200. The average Bonchev–Trinajstić information content (AvgIpc) is 2.47. The van der Waals surface area contributed by atoms with E-state index in [2.05, 4.69) is 9.97 Å². The quantitative estimate of drug-likeness (QED) is 0.691. The number of thiazole rings is 1. The lowest BCUT2D eigenvalue weighted by molar-refractivity contribution is 1.19. The van der Waals surface area contributed by atoms with E-state index in [1.807, 2.05) is 38.2 Å². The summed E-state index contributed by atoms with van der Waals surface area (Å²) >= 11 is 1.69. The van der Waals surface area contributed by atoms with Gasteiger partial charge in [0.2, 0.25) is 0 Å². The molecule has 0 fully saturated rings. The van der Waals surface area contributed by atoms with Gasteiger partial charge < -0.3 is 0 Å². The van der Waals surface area contributed by atoms with Gasteiger partial charge in [0.25, 0.3) is 0 Å². The highest BCUT2D eigenvalue weighted by Crippen LogP contribution is 2.27. The predicted molar refractivity (Wildman–Crippen MR) is 54.8 cm³/mol. The van der Waals surface area contributed by atoms with E-state index in [4.69, 9.17) is 0 Å². The second-order valence-corrected chi connectivity index (χ2v) is 4.07. The molecule has 0 unspecified atom stereocenters. The van der Waals surface area contributed by atoms with Gasteiger partial charge in [0.1, 0.15) is 0 Å². The normalized spacial score (nSPS) is 10.3. The van der Waals surface area contributed by atoms with Crippen LogP contribution in [0.2, 0.25) is 0 Å². The summed E-state index contributed by atoms with van der Waals surface area (Å²) in [5.74, 6) is 0. The summed E-state index contributed by atoms with van der Waals surface area (Å²) in [6.45, 7) is 4.04. The zero-order valence-electron chi connectivity index (χ0n) is 7.61. The summed E-state index contributed by atoms with van der Waals surface area (Å²) in [4.78, 5) is 9.84. The first-order valence-electron chi connectivity index (χ1n) is 4.13. The zero-order chi connectivity index (χ0) is 9.26. The van der Waals surface area contributed by atoms with Crippen molar-refractivity contribution in [2.45, 2.75) is 13.8 Å². The van der Waals surface area contributed by atoms with Crippen LogP contribution < -0.4 is 0 Å². The molecule has 0 spiro atoms. The van der Waals surface area contributed by atoms with Crippen LogP contribution in [0.4, 0.5) is 0 Å². The highest BCUT2D eigenvalue weighted by Gasteiger charge is 2.06. The van der Waals surface area contributed by atoms with Crippen LogP contribution in [0.15, 0.2) is 24.4 Å². The molecule has 0 aliphatic heterocycles. The molecule has 3 heteroatoms. The summed E-state index contributed by atoms with van der Waals surface area (Å²) in [5.41, 5.74) is 2.09. The Balaban J connectivity index is 2.53. The number of pyridine rings is 1. The van der Waals surface area contributed by atoms with Crippen LogP contribution in [0.3, 0.4) is 0 Å². The van der Waals surface area contributed by atoms with Crippen molar-refractivity contribution in [2.75, 3.05) is 0 Å². The zero-order valence-corrected chi connectivity index (χ0v) is 8.43. The molecule has 0 saturated carbocycles. The third kappa shape index (κ3) is 1.60. The van der Waals surface area contributed by atoms with Crippen molar-refractivity contribution in [3.8, 4) is 10.6 Å². The predicted octanol–water partition coefficient (Wildman–Crippen LogP) is 2.82. The van der Waals surface area contributed by atoms with Crippen LogP contribution in [0, 0.1) is 13.8 Å². The Morgan fingerprint density at radius 2 is 2.08 bits per heavy atom. The van der Waals surface area contributed by atoms with Gasteiger partial charge in [0.05, 0.1) is 21.3 Å². The SMILES string of the molecule is Cc1nc(C)c(-c2ccccn2)s1. The molecule has 0 radical (unpaired) electrons.